The van der Waals surface area contributed by atoms with Gasteiger partial charge in [-0.25, -0.2) is 0 Å². The molecule has 4 nitrogen and oxygen atoms in total. The summed E-state index contributed by atoms with van der Waals surface area (Å²) in [5.74, 6) is 0. The molecule has 2 fully saturated rings. The highest BCUT2D eigenvalue weighted by Crippen LogP contribution is 2.36. The van der Waals surface area contributed by atoms with E-state index < -0.39 is 0 Å². The van der Waals surface area contributed by atoms with Gasteiger partial charge in [0.2, 0.25) is 0 Å². The van der Waals surface area contributed by atoms with Crippen LogP contribution in [0.2, 0.25) is 0 Å². The number of piperidine rings is 2. The van der Waals surface area contributed by atoms with Gasteiger partial charge in [-0.15, -0.1) is 0 Å². The van der Waals surface area contributed by atoms with Gasteiger partial charge in [-0.1, -0.05) is 45.7 Å². The van der Waals surface area contributed by atoms with E-state index in [1.54, 1.807) is 0 Å². The van der Waals surface area contributed by atoms with E-state index in [4.69, 9.17) is 0 Å². The molecular formula is C38H70N4. The molecule has 4 heteroatoms. The van der Waals surface area contributed by atoms with E-state index in [0.29, 0.717) is 18.1 Å². The van der Waals surface area contributed by atoms with Gasteiger partial charge in [0.25, 0.3) is 0 Å². The summed E-state index contributed by atoms with van der Waals surface area (Å²) >= 11 is 0. The molecule has 2 unspecified atom stereocenters. The second kappa shape index (κ2) is 13.5. The van der Waals surface area contributed by atoms with Crippen molar-refractivity contribution in [3.05, 3.63) is 29.8 Å². The minimum absolute atomic E-state index is 0.141. The molecule has 0 saturated carbocycles. The third-order valence-corrected chi connectivity index (χ3v) is 10.3. The van der Waals surface area contributed by atoms with Crippen molar-refractivity contribution < 1.29 is 0 Å². The van der Waals surface area contributed by atoms with Gasteiger partial charge in [-0.3, -0.25) is 4.90 Å². The second-order valence-corrected chi connectivity index (χ2v) is 17.7. The molecule has 0 amide bonds. The normalized spacial score (nSPS) is 24.6. The molecule has 242 valence electrons. The molecule has 2 saturated heterocycles. The van der Waals surface area contributed by atoms with Crippen molar-refractivity contribution in [2.24, 2.45) is 0 Å². The van der Waals surface area contributed by atoms with Crippen molar-refractivity contribution in [2.45, 2.75) is 193 Å². The monoisotopic (exact) mass is 583 g/mol. The maximum atomic E-state index is 3.92. The van der Waals surface area contributed by atoms with E-state index in [0.717, 1.165) is 13.0 Å². The Kier molecular flexibility index (Phi) is 11.4. The van der Waals surface area contributed by atoms with Crippen LogP contribution in [-0.2, 0) is 5.41 Å². The Hall–Kier alpha value is -1.10. The first-order valence-electron chi connectivity index (χ1n) is 17.4. The van der Waals surface area contributed by atoms with Crippen LogP contribution in [0.5, 0.6) is 0 Å². The lowest BCUT2D eigenvalue weighted by Crippen LogP contribution is -2.62. The highest BCUT2D eigenvalue weighted by Gasteiger charge is 2.40. The summed E-state index contributed by atoms with van der Waals surface area (Å²) in [6.45, 7) is 33.4. The SMILES string of the molecule is CCC(C)(C)c1cccc(N(CCCCCCN(C2CC(C)NC(C)(C)C2)C(C)(C)C)C2CC(C)(C)NC(C)(C)C2)c1. The molecule has 1 aromatic carbocycles. The number of benzene rings is 1. The van der Waals surface area contributed by atoms with Gasteiger partial charge in [0, 0.05) is 52.5 Å². The van der Waals surface area contributed by atoms with Crippen molar-refractivity contribution in [1.29, 1.82) is 0 Å². The fourth-order valence-corrected chi connectivity index (χ4v) is 8.41. The molecule has 42 heavy (non-hydrogen) atoms. The number of anilines is 1. The summed E-state index contributed by atoms with van der Waals surface area (Å²) in [6.07, 6.45) is 11.2. The van der Waals surface area contributed by atoms with Crippen molar-refractivity contribution in [3.63, 3.8) is 0 Å². The largest absolute Gasteiger partial charge is 0.368 e. The Morgan fingerprint density at radius 1 is 0.786 bits per heavy atom. The van der Waals surface area contributed by atoms with Crippen LogP contribution in [0.15, 0.2) is 24.3 Å². The highest BCUT2D eigenvalue weighted by molar-refractivity contribution is 5.51. The predicted molar refractivity (Wildman–Crippen MR) is 186 cm³/mol. The standard InChI is InChI=1S/C38H70N4/c1-14-35(6,7)30-20-19-21-31(25-30)41(33-27-37(10,11)40-38(12,13)28-33)22-17-15-16-18-23-42(34(3,4)5)32-24-29(2)39-36(8,9)26-32/h19-21,25,29,32-33,39-40H,14-18,22-24,26-28H2,1-13H3. The summed E-state index contributed by atoms with van der Waals surface area (Å²) < 4.78 is 0. The molecule has 0 spiro atoms. The first-order chi connectivity index (χ1) is 19.2. The third kappa shape index (κ3) is 9.96. The minimum atomic E-state index is 0.141. The van der Waals surface area contributed by atoms with E-state index >= 15 is 0 Å². The lowest BCUT2D eigenvalue weighted by molar-refractivity contribution is 0.0298. The zero-order valence-electron chi connectivity index (χ0n) is 30.2. The molecule has 2 heterocycles. The first kappa shape index (κ1) is 35.4. The Morgan fingerprint density at radius 2 is 1.36 bits per heavy atom. The molecule has 2 atom stereocenters. The average molecular weight is 583 g/mol. The number of nitrogens with zero attached hydrogens (tertiary/aromatic N) is 2. The Labute approximate surface area is 262 Å². The van der Waals surface area contributed by atoms with Gasteiger partial charge in [0.1, 0.15) is 0 Å². The van der Waals surface area contributed by atoms with Crippen LogP contribution >= 0.6 is 0 Å². The molecule has 2 aliphatic heterocycles. The molecule has 3 rings (SSSR count). The molecule has 2 aliphatic rings. The number of unbranched alkanes of at least 4 members (excludes halogenated alkanes) is 3. The Bertz CT molecular complexity index is 969. The number of nitrogens with one attached hydrogen (secondary N) is 2. The highest BCUT2D eigenvalue weighted by atomic mass is 15.2. The zero-order chi connectivity index (χ0) is 31.6. The Morgan fingerprint density at radius 3 is 1.90 bits per heavy atom. The van der Waals surface area contributed by atoms with Crippen molar-refractivity contribution >= 4 is 5.69 Å². The fraction of sp³-hybridized carbons (Fsp3) is 0.842. The van der Waals surface area contributed by atoms with E-state index in [1.165, 1.54) is 69.2 Å². The van der Waals surface area contributed by atoms with Crippen molar-refractivity contribution in [2.75, 3.05) is 18.0 Å². The van der Waals surface area contributed by atoms with Crippen LogP contribution in [0.25, 0.3) is 0 Å². The maximum absolute atomic E-state index is 3.92. The van der Waals surface area contributed by atoms with Gasteiger partial charge in [0.05, 0.1) is 0 Å². The number of hydrogen-bond acceptors (Lipinski definition) is 4. The van der Waals surface area contributed by atoms with Gasteiger partial charge in [0.15, 0.2) is 0 Å². The van der Waals surface area contributed by atoms with Crippen molar-refractivity contribution in [1.82, 2.24) is 15.5 Å². The lowest BCUT2D eigenvalue weighted by atomic mass is 9.78. The zero-order valence-corrected chi connectivity index (χ0v) is 30.2. The van der Waals surface area contributed by atoms with Gasteiger partial charge >= 0.3 is 0 Å². The topological polar surface area (TPSA) is 30.5 Å². The fourth-order valence-electron chi connectivity index (χ4n) is 8.41. The van der Waals surface area contributed by atoms with Gasteiger partial charge in [-0.2, -0.15) is 0 Å². The first-order valence-corrected chi connectivity index (χ1v) is 17.4. The van der Waals surface area contributed by atoms with Gasteiger partial charge < -0.3 is 15.5 Å². The summed E-state index contributed by atoms with van der Waals surface area (Å²) in [6, 6.07) is 11.3. The predicted octanol–water partition coefficient (Wildman–Crippen LogP) is 9.07. The number of hydrogen-bond donors (Lipinski definition) is 2. The van der Waals surface area contributed by atoms with Crippen LogP contribution in [0, 0.1) is 0 Å². The third-order valence-electron chi connectivity index (χ3n) is 10.3. The van der Waals surface area contributed by atoms with Gasteiger partial charge in [-0.05, 0) is 144 Å². The van der Waals surface area contributed by atoms with E-state index in [9.17, 15) is 0 Å². The smallest absolute Gasteiger partial charge is 0.0371 e. The molecular weight excluding hydrogens is 512 g/mol. The lowest BCUT2D eigenvalue weighted by Gasteiger charge is -2.50. The van der Waals surface area contributed by atoms with Crippen LogP contribution in [-0.4, -0.2) is 58.3 Å². The van der Waals surface area contributed by atoms with Crippen LogP contribution in [0.1, 0.15) is 153 Å². The van der Waals surface area contributed by atoms with E-state index in [2.05, 4.69) is 135 Å². The second-order valence-electron chi connectivity index (χ2n) is 17.7. The van der Waals surface area contributed by atoms with E-state index in [1.807, 2.05) is 0 Å². The van der Waals surface area contributed by atoms with Crippen LogP contribution in [0.4, 0.5) is 5.69 Å². The van der Waals surface area contributed by atoms with Crippen molar-refractivity contribution in [3.8, 4) is 0 Å². The summed E-state index contributed by atoms with van der Waals surface area (Å²) in [5.41, 5.74) is 3.81. The summed E-state index contributed by atoms with van der Waals surface area (Å²) in [7, 11) is 0. The Balaban J connectivity index is 1.67. The summed E-state index contributed by atoms with van der Waals surface area (Å²) in [4.78, 5) is 5.62. The maximum Gasteiger partial charge on any atom is 0.0371 e. The summed E-state index contributed by atoms with van der Waals surface area (Å²) in [5, 5.41) is 7.74. The van der Waals surface area contributed by atoms with Crippen LogP contribution < -0.4 is 15.5 Å². The molecule has 0 radical (unpaired) electrons. The molecule has 0 aromatic heterocycles. The average Bonchev–Trinajstić information content (AvgIpc) is 2.81. The number of rotatable bonds is 12. The molecule has 0 bridgehead atoms. The molecule has 0 aliphatic carbocycles. The van der Waals surface area contributed by atoms with E-state index in [-0.39, 0.29) is 27.6 Å². The van der Waals surface area contributed by atoms with Crippen LogP contribution in [0.3, 0.4) is 0 Å². The molecule has 1 aromatic rings. The molecule has 2 N–H and O–H groups in total. The minimum Gasteiger partial charge on any atom is -0.368 e. The quantitative estimate of drug-likeness (QED) is 0.241.